The Labute approximate surface area is 175 Å². The smallest absolute Gasteiger partial charge is 0.264 e. The Balaban J connectivity index is 1.63. The molecule has 0 N–H and O–H groups in total. The zero-order valence-electron chi connectivity index (χ0n) is 17.4. The van der Waals surface area contributed by atoms with E-state index in [1.54, 1.807) is 0 Å². The van der Waals surface area contributed by atoms with E-state index < -0.39 is 10.1 Å². The first-order chi connectivity index (χ1) is 13.9. The van der Waals surface area contributed by atoms with Gasteiger partial charge in [0.1, 0.15) is 0 Å². The van der Waals surface area contributed by atoms with Crippen LogP contribution >= 0.6 is 0 Å². The van der Waals surface area contributed by atoms with Gasteiger partial charge in [0, 0.05) is 31.7 Å². The van der Waals surface area contributed by atoms with Crippen molar-refractivity contribution < 1.29 is 12.6 Å². The van der Waals surface area contributed by atoms with Crippen molar-refractivity contribution in [1.82, 2.24) is 9.80 Å². The van der Waals surface area contributed by atoms with E-state index in [9.17, 15) is 8.42 Å². The van der Waals surface area contributed by atoms with Gasteiger partial charge < -0.3 is 0 Å². The van der Waals surface area contributed by atoms with Crippen LogP contribution in [0.25, 0.3) is 0 Å². The number of piperidine rings is 1. The third kappa shape index (κ3) is 7.23. The van der Waals surface area contributed by atoms with Crippen molar-refractivity contribution in [2.75, 3.05) is 26.0 Å². The highest BCUT2D eigenvalue weighted by Crippen LogP contribution is 2.25. The molecule has 2 aromatic carbocycles. The zero-order valence-corrected chi connectivity index (χ0v) is 18.2. The Morgan fingerprint density at radius 2 is 1.55 bits per heavy atom. The largest absolute Gasteiger partial charge is 0.298 e. The first-order valence-corrected chi connectivity index (χ1v) is 12.1. The second-order valence-electron chi connectivity index (χ2n) is 7.97. The van der Waals surface area contributed by atoms with E-state index in [1.807, 2.05) is 0 Å². The molecule has 5 nitrogen and oxygen atoms in total. The third-order valence-electron chi connectivity index (χ3n) is 5.64. The molecular formula is C23H32N2O3S. The molecule has 2 aromatic rings. The lowest BCUT2D eigenvalue weighted by molar-refractivity contribution is 0.0561. The van der Waals surface area contributed by atoms with E-state index in [1.165, 1.54) is 11.1 Å². The van der Waals surface area contributed by atoms with Gasteiger partial charge in [-0.15, -0.1) is 0 Å². The van der Waals surface area contributed by atoms with Gasteiger partial charge in [-0.3, -0.25) is 14.0 Å². The van der Waals surface area contributed by atoms with Gasteiger partial charge >= 0.3 is 0 Å². The van der Waals surface area contributed by atoms with Crippen molar-refractivity contribution in [2.45, 2.75) is 44.9 Å². The minimum Gasteiger partial charge on any atom is -0.298 e. The highest BCUT2D eigenvalue weighted by Gasteiger charge is 2.29. The molecular weight excluding hydrogens is 384 g/mol. The fourth-order valence-electron chi connectivity index (χ4n) is 4.12. The Bertz CT molecular complexity index is 801. The standard InChI is InChI=1S/C23H32N2O3S/c1-20-17-23(13-14-24(20)15-16-28-29(2,26)27)25(18-21-9-5-3-6-10-21)19-22-11-7-4-8-12-22/h3-12,20,23H,13-19H2,1-2H3. The second-order valence-corrected chi connectivity index (χ2v) is 9.61. The molecule has 0 aliphatic carbocycles. The molecule has 0 spiro atoms. The highest BCUT2D eigenvalue weighted by atomic mass is 32.2. The zero-order chi connectivity index (χ0) is 20.7. The van der Waals surface area contributed by atoms with E-state index in [-0.39, 0.29) is 6.61 Å². The first-order valence-electron chi connectivity index (χ1n) is 10.3. The summed E-state index contributed by atoms with van der Waals surface area (Å²) in [4.78, 5) is 4.93. The van der Waals surface area contributed by atoms with Crippen LogP contribution in [-0.2, 0) is 27.4 Å². The van der Waals surface area contributed by atoms with Crippen LogP contribution in [0.3, 0.4) is 0 Å². The lowest BCUT2D eigenvalue weighted by Gasteiger charge is -2.42. The summed E-state index contributed by atoms with van der Waals surface area (Å²) in [5.74, 6) is 0. The van der Waals surface area contributed by atoms with Gasteiger partial charge in [0.2, 0.25) is 0 Å². The maximum Gasteiger partial charge on any atom is 0.264 e. The fourth-order valence-corrected chi connectivity index (χ4v) is 4.49. The molecule has 1 saturated heterocycles. The highest BCUT2D eigenvalue weighted by molar-refractivity contribution is 7.85. The SMILES string of the molecule is CC1CC(N(Cc2ccccc2)Cc2ccccc2)CCN1CCOS(C)(=O)=O. The maximum absolute atomic E-state index is 11.2. The molecule has 158 valence electrons. The van der Waals surface area contributed by atoms with Crippen molar-refractivity contribution in [2.24, 2.45) is 0 Å². The molecule has 1 heterocycles. The monoisotopic (exact) mass is 416 g/mol. The van der Waals surface area contributed by atoms with Crippen LogP contribution in [0.1, 0.15) is 30.9 Å². The Kier molecular flexibility index (Phi) is 7.84. The van der Waals surface area contributed by atoms with Crippen LogP contribution in [0.5, 0.6) is 0 Å². The van der Waals surface area contributed by atoms with Gasteiger partial charge in [0.15, 0.2) is 0 Å². The quantitative estimate of drug-likeness (QED) is 0.586. The Hall–Kier alpha value is -1.73. The summed E-state index contributed by atoms with van der Waals surface area (Å²) in [6.07, 6.45) is 3.25. The summed E-state index contributed by atoms with van der Waals surface area (Å²) >= 11 is 0. The molecule has 0 radical (unpaired) electrons. The molecule has 0 saturated carbocycles. The predicted octanol–water partition coefficient (Wildman–Crippen LogP) is 3.52. The van der Waals surface area contributed by atoms with Crippen LogP contribution < -0.4 is 0 Å². The van der Waals surface area contributed by atoms with Crippen molar-refractivity contribution in [3.63, 3.8) is 0 Å². The van der Waals surface area contributed by atoms with Gasteiger partial charge in [-0.1, -0.05) is 60.7 Å². The van der Waals surface area contributed by atoms with Gasteiger partial charge in [-0.05, 0) is 37.4 Å². The number of hydrogen-bond acceptors (Lipinski definition) is 5. The molecule has 1 fully saturated rings. The van der Waals surface area contributed by atoms with Gasteiger partial charge in [-0.2, -0.15) is 8.42 Å². The van der Waals surface area contributed by atoms with Crippen LogP contribution in [0, 0.1) is 0 Å². The minimum absolute atomic E-state index is 0.228. The minimum atomic E-state index is -3.37. The van der Waals surface area contributed by atoms with E-state index in [0.717, 1.165) is 38.7 Å². The molecule has 2 atom stereocenters. The summed E-state index contributed by atoms with van der Waals surface area (Å²) in [5, 5.41) is 0. The average Bonchev–Trinajstić information content (AvgIpc) is 2.69. The Morgan fingerprint density at radius 1 is 1.00 bits per heavy atom. The molecule has 0 aromatic heterocycles. The summed E-state index contributed by atoms with van der Waals surface area (Å²) in [5.41, 5.74) is 2.67. The third-order valence-corrected chi connectivity index (χ3v) is 6.23. The molecule has 2 unspecified atom stereocenters. The summed E-state index contributed by atoms with van der Waals surface area (Å²) < 4.78 is 27.3. The molecule has 6 heteroatoms. The summed E-state index contributed by atoms with van der Waals surface area (Å²) in [6, 6.07) is 22.2. The number of benzene rings is 2. The van der Waals surface area contributed by atoms with Crippen LogP contribution in [-0.4, -0.2) is 56.3 Å². The number of likely N-dealkylation sites (tertiary alicyclic amines) is 1. The van der Waals surface area contributed by atoms with Crippen molar-refractivity contribution in [3.8, 4) is 0 Å². The lowest BCUT2D eigenvalue weighted by Crippen LogP contribution is -2.49. The van der Waals surface area contributed by atoms with E-state index in [0.29, 0.717) is 18.6 Å². The number of nitrogens with zero attached hydrogens (tertiary/aromatic N) is 2. The van der Waals surface area contributed by atoms with Gasteiger partial charge in [0.05, 0.1) is 12.9 Å². The lowest BCUT2D eigenvalue weighted by atomic mass is 9.95. The maximum atomic E-state index is 11.2. The van der Waals surface area contributed by atoms with Crippen molar-refractivity contribution in [1.29, 1.82) is 0 Å². The van der Waals surface area contributed by atoms with Crippen LogP contribution in [0.15, 0.2) is 60.7 Å². The van der Waals surface area contributed by atoms with Crippen molar-refractivity contribution in [3.05, 3.63) is 71.8 Å². The summed E-state index contributed by atoms with van der Waals surface area (Å²) in [7, 11) is -3.37. The van der Waals surface area contributed by atoms with E-state index in [4.69, 9.17) is 4.18 Å². The molecule has 3 rings (SSSR count). The van der Waals surface area contributed by atoms with Gasteiger partial charge in [0.25, 0.3) is 10.1 Å². The van der Waals surface area contributed by atoms with Gasteiger partial charge in [-0.25, -0.2) is 0 Å². The number of hydrogen-bond donors (Lipinski definition) is 0. The van der Waals surface area contributed by atoms with E-state index in [2.05, 4.69) is 77.4 Å². The molecule has 0 bridgehead atoms. The first kappa shape index (κ1) is 22.0. The normalized spacial score (nSPS) is 20.8. The summed E-state index contributed by atoms with van der Waals surface area (Å²) in [6.45, 7) is 5.94. The molecule has 1 aliphatic heterocycles. The predicted molar refractivity (Wildman–Crippen MR) is 117 cm³/mol. The Morgan fingerprint density at radius 3 is 2.03 bits per heavy atom. The van der Waals surface area contributed by atoms with Crippen LogP contribution in [0.4, 0.5) is 0 Å². The van der Waals surface area contributed by atoms with Crippen molar-refractivity contribution >= 4 is 10.1 Å². The second kappa shape index (κ2) is 10.3. The molecule has 0 amide bonds. The molecule has 29 heavy (non-hydrogen) atoms. The average molecular weight is 417 g/mol. The number of rotatable bonds is 9. The van der Waals surface area contributed by atoms with Crippen LogP contribution in [0.2, 0.25) is 0 Å². The topological polar surface area (TPSA) is 49.9 Å². The van der Waals surface area contributed by atoms with E-state index >= 15 is 0 Å². The fraction of sp³-hybridized carbons (Fsp3) is 0.478. The molecule has 1 aliphatic rings.